The fraction of sp³-hybridized carbons (Fsp3) is 0.421. The van der Waals surface area contributed by atoms with E-state index in [2.05, 4.69) is 19.9 Å². The molecule has 0 aliphatic carbocycles. The van der Waals surface area contributed by atoms with Crippen LogP contribution in [0.25, 0.3) is 0 Å². The Labute approximate surface area is 161 Å². The molecule has 0 atom stereocenters. The molecule has 7 nitrogen and oxygen atoms in total. The molecule has 3 aromatic rings. The van der Waals surface area contributed by atoms with Crippen molar-refractivity contribution in [2.45, 2.75) is 31.9 Å². The molecular weight excluding hydrogens is 364 g/mol. The van der Waals surface area contributed by atoms with Crippen molar-refractivity contribution in [1.29, 1.82) is 0 Å². The van der Waals surface area contributed by atoms with Crippen LogP contribution in [0.2, 0.25) is 0 Å². The summed E-state index contributed by atoms with van der Waals surface area (Å²) in [5.74, 6) is 2.42. The lowest BCUT2D eigenvalue weighted by molar-refractivity contribution is 0.0671. The maximum Gasteiger partial charge on any atom is 0.289 e. The van der Waals surface area contributed by atoms with Crippen LogP contribution < -0.4 is 0 Å². The summed E-state index contributed by atoms with van der Waals surface area (Å²) in [4.78, 5) is 23.4. The third-order valence-corrected chi connectivity index (χ3v) is 5.51. The summed E-state index contributed by atoms with van der Waals surface area (Å²) < 4.78 is 12.8. The van der Waals surface area contributed by atoms with Gasteiger partial charge in [-0.05, 0) is 25.0 Å². The minimum atomic E-state index is -0.0541. The fourth-order valence-electron chi connectivity index (χ4n) is 3.51. The molecule has 0 bridgehead atoms. The van der Waals surface area contributed by atoms with Crippen LogP contribution in [-0.4, -0.2) is 45.5 Å². The van der Waals surface area contributed by atoms with Gasteiger partial charge in [-0.15, -0.1) is 11.3 Å². The lowest BCUT2D eigenvalue weighted by Gasteiger charge is -2.31. The van der Waals surface area contributed by atoms with Gasteiger partial charge in [-0.1, -0.05) is 0 Å². The first-order valence-corrected chi connectivity index (χ1v) is 9.94. The Morgan fingerprint density at radius 3 is 2.93 bits per heavy atom. The van der Waals surface area contributed by atoms with Crippen LogP contribution in [0.15, 0.2) is 39.8 Å². The summed E-state index contributed by atoms with van der Waals surface area (Å²) in [7, 11) is 1.60. The maximum absolute atomic E-state index is 12.7. The molecule has 0 radical (unpaired) electrons. The van der Waals surface area contributed by atoms with E-state index in [1.165, 1.54) is 0 Å². The molecule has 1 aliphatic heterocycles. The number of methoxy groups -OCH3 is 1. The molecule has 0 unspecified atom stereocenters. The molecule has 0 N–H and O–H groups in total. The van der Waals surface area contributed by atoms with Crippen LogP contribution in [0.1, 0.15) is 46.6 Å². The number of aromatic nitrogens is 3. The molecule has 0 saturated carbocycles. The highest BCUT2D eigenvalue weighted by molar-refractivity contribution is 7.07. The minimum absolute atomic E-state index is 0.0541. The number of ether oxygens (including phenoxy) is 1. The normalized spacial score (nSPS) is 15.4. The van der Waals surface area contributed by atoms with Gasteiger partial charge in [0.15, 0.2) is 5.76 Å². The zero-order valence-corrected chi connectivity index (χ0v) is 16.0. The monoisotopic (exact) mass is 386 g/mol. The molecule has 4 heterocycles. The molecule has 1 aliphatic rings. The topological polar surface area (TPSA) is 73.4 Å². The number of hydrogen-bond acceptors (Lipinski definition) is 6. The smallest absolute Gasteiger partial charge is 0.289 e. The van der Waals surface area contributed by atoms with Gasteiger partial charge in [-0.2, -0.15) is 0 Å². The van der Waals surface area contributed by atoms with E-state index in [4.69, 9.17) is 9.15 Å². The lowest BCUT2D eigenvalue weighted by atomic mass is 9.95. The number of carbonyl (C=O) groups is 1. The van der Waals surface area contributed by atoms with E-state index in [1.807, 2.05) is 22.8 Å². The number of hydrogen-bond donors (Lipinski definition) is 0. The van der Waals surface area contributed by atoms with Gasteiger partial charge in [-0.3, -0.25) is 4.79 Å². The van der Waals surface area contributed by atoms with Crippen molar-refractivity contribution in [1.82, 2.24) is 19.4 Å². The SMILES string of the molecule is COCc1ccc(C(=O)N2CCC(c3nccn3Cc3cscn3)CC2)o1. The van der Waals surface area contributed by atoms with E-state index < -0.39 is 0 Å². The Hall–Kier alpha value is -2.45. The fourth-order valence-corrected chi connectivity index (χ4v) is 4.06. The number of carbonyl (C=O) groups excluding carboxylic acids is 1. The van der Waals surface area contributed by atoms with Gasteiger partial charge in [0.1, 0.15) is 18.2 Å². The number of amides is 1. The average molecular weight is 386 g/mol. The number of thiazole rings is 1. The highest BCUT2D eigenvalue weighted by Crippen LogP contribution is 2.28. The van der Waals surface area contributed by atoms with Crippen molar-refractivity contribution in [2.75, 3.05) is 20.2 Å². The van der Waals surface area contributed by atoms with E-state index in [0.717, 1.165) is 30.9 Å². The third-order valence-electron chi connectivity index (χ3n) is 4.87. The second-order valence-corrected chi connectivity index (χ2v) is 7.38. The molecule has 1 saturated heterocycles. The summed E-state index contributed by atoms with van der Waals surface area (Å²) >= 11 is 1.60. The van der Waals surface area contributed by atoms with Gasteiger partial charge in [0.2, 0.25) is 0 Å². The zero-order chi connectivity index (χ0) is 18.6. The van der Waals surface area contributed by atoms with Crippen LogP contribution in [-0.2, 0) is 17.9 Å². The molecule has 1 amide bonds. The predicted molar refractivity (Wildman–Crippen MR) is 101 cm³/mol. The van der Waals surface area contributed by atoms with Crippen molar-refractivity contribution in [3.05, 3.63) is 58.5 Å². The van der Waals surface area contributed by atoms with Crippen LogP contribution in [0.4, 0.5) is 0 Å². The molecule has 1 fully saturated rings. The van der Waals surface area contributed by atoms with E-state index in [0.29, 0.717) is 37.1 Å². The highest BCUT2D eigenvalue weighted by Gasteiger charge is 2.28. The van der Waals surface area contributed by atoms with Gasteiger partial charge in [0.05, 0.1) is 17.7 Å². The van der Waals surface area contributed by atoms with E-state index in [1.54, 1.807) is 30.6 Å². The van der Waals surface area contributed by atoms with Crippen LogP contribution in [0.3, 0.4) is 0 Å². The molecule has 0 spiro atoms. The summed E-state index contributed by atoms with van der Waals surface area (Å²) in [6, 6.07) is 3.52. The lowest BCUT2D eigenvalue weighted by Crippen LogP contribution is -2.38. The summed E-state index contributed by atoms with van der Waals surface area (Å²) in [6.07, 6.45) is 5.64. The predicted octanol–water partition coefficient (Wildman–Crippen LogP) is 3.15. The van der Waals surface area contributed by atoms with Crippen molar-refractivity contribution in [3.63, 3.8) is 0 Å². The van der Waals surface area contributed by atoms with Crippen molar-refractivity contribution in [3.8, 4) is 0 Å². The highest BCUT2D eigenvalue weighted by atomic mass is 32.1. The molecule has 3 aromatic heterocycles. The number of piperidine rings is 1. The van der Waals surface area contributed by atoms with Gasteiger partial charge >= 0.3 is 0 Å². The summed E-state index contributed by atoms with van der Waals surface area (Å²) in [6.45, 7) is 2.52. The van der Waals surface area contributed by atoms with Gasteiger partial charge < -0.3 is 18.6 Å². The Kier molecular flexibility index (Phi) is 5.35. The quantitative estimate of drug-likeness (QED) is 0.651. The molecule has 8 heteroatoms. The number of nitrogens with zero attached hydrogens (tertiary/aromatic N) is 4. The number of furan rings is 1. The van der Waals surface area contributed by atoms with Gasteiger partial charge in [0, 0.05) is 43.9 Å². The molecule has 0 aromatic carbocycles. The first-order valence-electron chi connectivity index (χ1n) is 8.99. The standard InChI is InChI=1S/C19H22N4O3S/c1-25-11-16-2-3-17(26-16)19(24)22-7-4-14(5-8-22)18-20-6-9-23(18)10-15-12-27-13-21-15/h2-3,6,9,12-14H,4-5,7-8,10-11H2,1H3. The number of rotatable bonds is 6. The Bertz CT molecular complexity index is 879. The maximum atomic E-state index is 12.7. The Balaban J connectivity index is 1.37. The van der Waals surface area contributed by atoms with Crippen molar-refractivity contribution < 1.29 is 13.9 Å². The van der Waals surface area contributed by atoms with Crippen LogP contribution in [0.5, 0.6) is 0 Å². The number of imidazole rings is 1. The van der Waals surface area contributed by atoms with E-state index in [-0.39, 0.29) is 5.91 Å². The Morgan fingerprint density at radius 1 is 1.33 bits per heavy atom. The molecular formula is C19H22N4O3S. The largest absolute Gasteiger partial charge is 0.453 e. The first-order chi connectivity index (χ1) is 13.2. The minimum Gasteiger partial charge on any atom is -0.453 e. The van der Waals surface area contributed by atoms with E-state index >= 15 is 0 Å². The summed E-state index contributed by atoms with van der Waals surface area (Å²) in [5.41, 5.74) is 2.90. The molecule has 142 valence electrons. The number of likely N-dealkylation sites (tertiary alicyclic amines) is 1. The zero-order valence-electron chi connectivity index (χ0n) is 15.2. The third kappa shape index (κ3) is 3.96. The second-order valence-electron chi connectivity index (χ2n) is 6.66. The summed E-state index contributed by atoms with van der Waals surface area (Å²) in [5, 5.41) is 2.06. The first kappa shape index (κ1) is 17.9. The van der Waals surface area contributed by atoms with Gasteiger partial charge in [0.25, 0.3) is 5.91 Å². The van der Waals surface area contributed by atoms with E-state index in [9.17, 15) is 4.79 Å². The molecule has 4 rings (SSSR count). The second kappa shape index (κ2) is 8.06. The van der Waals surface area contributed by atoms with Crippen molar-refractivity contribution >= 4 is 17.2 Å². The van der Waals surface area contributed by atoms with Crippen LogP contribution in [0, 0.1) is 0 Å². The average Bonchev–Trinajstić information content (AvgIpc) is 3.44. The van der Waals surface area contributed by atoms with Crippen LogP contribution >= 0.6 is 11.3 Å². The van der Waals surface area contributed by atoms with Crippen molar-refractivity contribution in [2.24, 2.45) is 0 Å². The molecule has 27 heavy (non-hydrogen) atoms. The van der Waals surface area contributed by atoms with Gasteiger partial charge in [-0.25, -0.2) is 9.97 Å². The Morgan fingerprint density at radius 2 is 2.19 bits per heavy atom.